The number of carbonyl (C=O) groups excluding carboxylic acids is 1. The first kappa shape index (κ1) is 13.8. The van der Waals surface area contributed by atoms with Crippen LogP contribution < -0.4 is 11.1 Å². The van der Waals surface area contributed by atoms with Gasteiger partial charge in [-0.3, -0.25) is 4.79 Å². The van der Waals surface area contributed by atoms with Crippen LogP contribution in [0, 0.1) is 5.82 Å². The highest BCUT2D eigenvalue weighted by molar-refractivity contribution is 9.10. The van der Waals surface area contributed by atoms with E-state index in [1.54, 1.807) is 6.07 Å². The maximum Gasteiger partial charge on any atom is 0.257 e. The van der Waals surface area contributed by atoms with Crippen LogP contribution in [0.15, 0.2) is 34.9 Å². The Kier molecular flexibility index (Phi) is 4.01. The van der Waals surface area contributed by atoms with Crippen molar-refractivity contribution >= 4 is 44.8 Å². The molecule has 98 valence electrons. The highest BCUT2D eigenvalue weighted by atomic mass is 79.9. The van der Waals surface area contributed by atoms with Gasteiger partial charge < -0.3 is 11.1 Å². The zero-order valence-corrected chi connectivity index (χ0v) is 11.8. The van der Waals surface area contributed by atoms with Gasteiger partial charge in [-0.2, -0.15) is 0 Å². The van der Waals surface area contributed by atoms with Crippen LogP contribution in [0.1, 0.15) is 10.4 Å². The van der Waals surface area contributed by atoms with Gasteiger partial charge in [0.2, 0.25) is 0 Å². The first-order valence-electron chi connectivity index (χ1n) is 5.15. The second-order valence-electron chi connectivity index (χ2n) is 3.68. The van der Waals surface area contributed by atoms with Gasteiger partial charge in [0.05, 0.1) is 21.9 Å². The van der Waals surface area contributed by atoms with Crippen LogP contribution in [0.4, 0.5) is 15.8 Å². The molecular formula is C12H8BrClFN3O. The summed E-state index contributed by atoms with van der Waals surface area (Å²) in [6.45, 7) is 0. The van der Waals surface area contributed by atoms with Crippen LogP contribution in [-0.4, -0.2) is 10.9 Å². The molecule has 0 aliphatic heterocycles. The third kappa shape index (κ3) is 3.21. The lowest BCUT2D eigenvalue weighted by molar-refractivity contribution is 0.102. The van der Waals surface area contributed by atoms with Crippen LogP contribution >= 0.6 is 27.5 Å². The van der Waals surface area contributed by atoms with Crippen molar-refractivity contribution in [3.8, 4) is 0 Å². The third-order valence-corrected chi connectivity index (χ3v) is 3.45. The molecule has 0 aliphatic carbocycles. The predicted molar refractivity (Wildman–Crippen MR) is 75.7 cm³/mol. The number of rotatable bonds is 2. The van der Waals surface area contributed by atoms with E-state index in [-0.39, 0.29) is 11.3 Å². The van der Waals surface area contributed by atoms with Crippen LogP contribution in [0.5, 0.6) is 0 Å². The quantitative estimate of drug-likeness (QED) is 0.647. The van der Waals surface area contributed by atoms with Crippen molar-refractivity contribution in [3.63, 3.8) is 0 Å². The third-order valence-electron chi connectivity index (χ3n) is 2.31. The van der Waals surface area contributed by atoms with Crippen molar-refractivity contribution in [1.29, 1.82) is 0 Å². The zero-order valence-electron chi connectivity index (χ0n) is 9.45. The van der Waals surface area contributed by atoms with Gasteiger partial charge in [0.15, 0.2) is 0 Å². The summed E-state index contributed by atoms with van der Waals surface area (Å²) in [6.07, 6.45) is 1.41. The number of carbonyl (C=O) groups is 1. The number of anilines is 2. The summed E-state index contributed by atoms with van der Waals surface area (Å²) >= 11 is 8.94. The number of pyridine rings is 1. The lowest BCUT2D eigenvalue weighted by Crippen LogP contribution is -2.14. The van der Waals surface area contributed by atoms with Gasteiger partial charge in [-0.15, -0.1) is 0 Å². The first-order chi connectivity index (χ1) is 8.97. The normalized spacial score (nSPS) is 10.3. The van der Waals surface area contributed by atoms with E-state index in [4.69, 9.17) is 17.3 Å². The molecule has 0 atom stereocenters. The van der Waals surface area contributed by atoms with Gasteiger partial charge in [-0.1, -0.05) is 11.6 Å². The van der Waals surface area contributed by atoms with E-state index in [2.05, 4.69) is 26.2 Å². The molecule has 0 fully saturated rings. The van der Waals surface area contributed by atoms with Crippen LogP contribution in [0.25, 0.3) is 0 Å². The highest BCUT2D eigenvalue weighted by Gasteiger charge is 2.11. The Morgan fingerprint density at radius 1 is 1.42 bits per heavy atom. The number of hydrogen-bond donors (Lipinski definition) is 2. The second-order valence-corrected chi connectivity index (χ2v) is 4.89. The van der Waals surface area contributed by atoms with Gasteiger partial charge in [-0.05, 0) is 40.2 Å². The molecule has 19 heavy (non-hydrogen) atoms. The molecule has 4 nitrogen and oxygen atoms in total. The smallest absolute Gasteiger partial charge is 0.257 e. The predicted octanol–water partition coefficient (Wildman–Crippen LogP) is 3.47. The Morgan fingerprint density at radius 2 is 2.16 bits per heavy atom. The number of nitrogens with zero attached hydrogens (tertiary/aromatic N) is 1. The number of nitrogen functional groups attached to an aromatic ring is 1. The average molecular weight is 345 g/mol. The van der Waals surface area contributed by atoms with Crippen molar-refractivity contribution in [3.05, 3.63) is 51.5 Å². The molecule has 0 bridgehead atoms. The van der Waals surface area contributed by atoms with Crippen LogP contribution in [0.3, 0.4) is 0 Å². The summed E-state index contributed by atoms with van der Waals surface area (Å²) in [5.41, 5.74) is 6.29. The Morgan fingerprint density at radius 3 is 2.79 bits per heavy atom. The van der Waals surface area contributed by atoms with E-state index in [0.29, 0.717) is 15.3 Å². The summed E-state index contributed by atoms with van der Waals surface area (Å²) in [5, 5.41) is 2.89. The van der Waals surface area contributed by atoms with Crippen molar-refractivity contribution in [2.75, 3.05) is 11.1 Å². The average Bonchev–Trinajstić information content (AvgIpc) is 2.33. The standard InChI is InChI=1S/C12H8BrClFN3O/c13-9-4-7(5-17-11(9)14)18-12(19)8-2-1-6(15)3-10(8)16/h1-5H,16H2,(H,18,19). The Bertz CT molecular complexity index is 651. The monoisotopic (exact) mass is 343 g/mol. The minimum Gasteiger partial charge on any atom is -0.398 e. The van der Waals surface area contributed by atoms with Crippen molar-refractivity contribution < 1.29 is 9.18 Å². The van der Waals surface area contributed by atoms with E-state index in [0.717, 1.165) is 6.07 Å². The number of hydrogen-bond acceptors (Lipinski definition) is 3. The summed E-state index contributed by atoms with van der Waals surface area (Å²) in [4.78, 5) is 15.8. The number of aromatic nitrogens is 1. The van der Waals surface area contributed by atoms with E-state index < -0.39 is 11.7 Å². The maximum absolute atomic E-state index is 12.9. The Balaban J connectivity index is 2.23. The molecule has 0 radical (unpaired) electrons. The molecule has 7 heteroatoms. The molecule has 1 aromatic carbocycles. The van der Waals surface area contributed by atoms with Crippen LogP contribution in [-0.2, 0) is 0 Å². The zero-order chi connectivity index (χ0) is 14.0. The fourth-order valence-electron chi connectivity index (χ4n) is 1.43. The molecule has 1 amide bonds. The summed E-state index contributed by atoms with van der Waals surface area (Å²) in [7, 11) is 0. The number of halogens is 3. The molecule has 1 heterocycles. The molecule has 0 aliphatic rings. The van der Waals surface area contributed by atoms with Gasteiger partial charge in [0, 0.05) is 5.69 Å². The molecule has 3 N–H and O–H groups in total. The highest BCUT2D eigenvalue weighted by Crippen LogP contribution is 2.23. The number of nitrogens with one attached hydrogen (secondary N) is 1. The fourth-order valence-corrected chi connectivity index (χ4v) is 1.88. The lowest BCUT2D eigenvalue weighted by atomic mass is 10.1. The SMILES string of the molecule is Nc1cc(F)ccc1C(=O)Nc1cnc(Cl)c(Br)c1. The van der Waals surface area contributed by atoms with E-state index in [1.165, 1.54) is 18.3 Å². The minimum atomic E-state index is -0.495. The van der Waals surface area contributed by atoms with E-state index in [9.17, 15) is 9.18 Å². The Labute approximate surface area is 121 Å². The van der Waals surface area contributed by atoms with E-state index in [1.807, 2.05) is 0 Å². The first-order valence-corrected chi connectivity index (χ1v) is 6.32. The number of benzene rings is 1. The largest absolute Gasteiger partial charge is 0.398 e. The van der Waals surface area contributed by atoms with Crippen molar-refractivity contribution in [2.24, 2.45) is 0 Å². The summed E-state index contributed by atoms with van der Waals surface area (Å²) in [6, 6.07) is 5.18. The van der Waals surface area contributed by atoms with Gasteiger partial charge in [-0.25, -0.2) is 9.37 Å². The van der Waals surface area contributed by atoms with Crippen molar-refractivity contribution in [1.82, 2.24) is 4.98 Å². The molecular weight excluding hydrogens is 337 g/mol. The molecule has 0 saturated heterocycles. The molecule has 0 unspecified atom stereocenters. The maximum atomic E-state index is 12.9. The number of nitrogens with two attached hydrogens (primary N) is 1. The van der Waals surface area contributed by atoms with Gasteiger partial charge in [0.25, 0.3) is 5.91 Å². The van der Waals surface area contributed by atoms with E-state index >= 15 is 0 Å². The molecule has 2 aromatic rings. The van der Waals surface area contributed by atoms with Crippen molar-refractivity contribution in [2.45, 2.75) is 0 Å². The molecule has 2 rings (SSSR count). The Hall–Kier alpha value is -1.66. The summed E-state index contributed by atoms with van der Waals surface area (Å²) < 4.78 is 13.4. The fraction of sp³-hybridized carbons (Fsp3) is 0. The molecule has 1 aromatic heterocycles. The lowest BCUT2D eigenvalue weighted by Gasteiger charge is -2.08. The topological polar surface area (TPSA) is 68.0 Å². The van der Waals surface area contributed by atoms with Gasteiger partial charge in [0.1, 0.15) is 11.0 Å². The van der Waals surface area contributed by atoms with Gasteiger partial charge >= 0.3 is 0 Å². The molecule has 0 spiro atoms. The molecule has 0 saturated carbocycles. The minimum absolute atomic E-state index is 0.0680. The summed E-state index contributed by atoms with van der Waals surface area (Å²) in [5.74, 6) is -0.946. The second kappa shape index (κ2) is 5.54. The van der Waals surface area contributed by atoms with Crippen LogP contribution in [0.2, 0.25) is 5.15 Å². The number of amides is 1.